The molecule has 0 unspecified atom stereocenters. The number of nitrogens with zero attached hydrogens (tertiary/aromatic N) is 1. The number of oxazole rings is 1. The van der Waals surface area contributed by atoms with E-state index in [9.17, 15) is 0 Å². The lowest BCUT2D eigenvalue weighted by atomic mass is 10.4. The average molecular weight is 177 g/mol. The van der Waals surface area contributed by atoms with Crippen molar-refractivity contribution in [1.29, 1.82) is 0 Å². The second kappa shape index (κ2) is 4.36. The molecule has 1 N–H and O–H groups in total. The first-order chi connectivity index (χ1) is 4.74. The molecular weight excluding hydrogens is 164 g/mol. The van der Waals surface area contributed by atoms with E-state index < -0.39 is 0 Å². The fourth-order valence-corrected chi connectivity index (χ4v) is 0.904. The minimum Gasteiger partial charge on any atom is -0.446 e. The highest BCUT2D eigenvalue weighted by molar-refractivity contribution is 5.85. The lowest BCUT2D eigenvalue weighted by molar-refractivity contribution is 0.492. The van der Waals surface area contributed by atoms with Crippen LogP contribution in [-0.2, 0) is 6.54 Å². The highest BCUT2D eigenvalue weighted by atomic mass is 35.5. The maximum atomic E-state index is 5.22. The van der Waals surface area contributed by atoms with E-state index in [0.29, 0.717) is 0 Å². The molecule has 0 amide bonds. The Hall–Kier alpha value is -0.540. The molecule has 0 aliphatic carbocycles. The molecule has 64 valence electrons. The molecule has 0 spiro atoms. The van der Waals surface area contributed by atoms with Gasteiger partial charge in [-0.05, 0) is 14.0 Å². The summed E-state index contributed by atoms with van der Waals surface area (Å²) < 4.78 is 5.22. The standard InChI is InChI=1S/C7H12N2O.ClH/c1-5-7(4-8-3)9-6(2)10-5;/h8H,4H2,1-3H3;1H. The molecule has 1 aromatic rings. The number of hydrogen-bond acceptors (Lipinski definition) is 3. The summed E-state index contributed by atoms with van der Waals surface area (Å²) in [6.45, 7) is 4.56. The van der Waals surface area contributed by atoms with E-state index in [2.05, 4.69) is 10.3 Å². The highest BCUT2D eigenvalue weighted by Crippen LogP contribution is 2.07. The van der Waals surface area contributed by atoms with Gasteiger partial charge in [0.05, 0.1) is 5.69 Å². The molecule has 3 nitrogen and oxygen atoms in total. The van der Waals surface area contributed by atoms with Gasteiger partial charge in [-0.3, -0.25) is 0 Å². The van der Waals surface area contributed by atoms with Crippen LogP contribution in [0.25, 0.3) is 0 Å². The van der Waals surface area contributed by atoms with Gasteiger partial charge < -0.3 is 9.73 Å². The van der Waals surface area contributed by atoms with Gasteiger partial charge in [-0.2, -0.15) is 0 Å². The number of nitrogens with one attached hydrogen (secondary N) is 1. The maximum absolute atomic E-state index is 5.22. The van der Waals surface area contributed by atoms with E-state index >= 15 is 0 Å². The van der Waals surface area contributed by atoms with Crippen molar-refractivity contribution >= 4 is 12.4 Å². The normalized spacial score (nSPS) is 9.36. The Morgan fingerprint density at radius 1 is 1.45 bits per heavy atom. The molecular formula is C7H13ClN2O. The summed E-state index contributed by atoms with van der Waals surface area (Å²) in [5.74, 6) is 1.65. The lowest BCUT2D eigenvalue weighted by Crippen LogP contribution is -2.06. The van der Waals surface area contributed by atoms with E-state index in [-0.39, 0.29) is 12.4 Å². The van der Waals surface area contributed by atoms with Crippen LogP contribution in [0.5, 0.6) is 0 Å². The molecule has 0 saturated heterocycles. The molecule has 0 fully saturated rings. The van der Waals surface area contributed by atoms with Crippen LogP contribution in [0.1, 0.15) is 17.3 Å². The van der Waals surface area contributed by atoms with Crippen molar-refractivity contribution in [2.45, 2.75) is 20.4 Å². The lowest BCUT2D eigenvalue weighted by Gasteiger charge is -1.91. The van der Waals surface area contributed by atoms with Crippen LogP contribution in [0, 0.1) is 13.8 Å². The van der Waals surface area contributed by atoms with Crippen molar-refractivity contribution in [2.24, 2.45) is 0 Å². The van der Waals surface area contributed by atoms with Gasteiger partial charge in [-0.15, -0.1) is 12.4 Å². The van der Waals surface area contributed by atoms with Crippen LogP contribution >= 0.6 is 12.4 Å². The number of halogens is 1. The summed E-state index contributed by atoms with van der Waals surface area (Å²) >= 11 is 0. The van der Waals surface area contributed by atoms with Crippen molar-refractivity contribution in [1.82, 2.24) is 10.3 Å². The molecule has 0 atom stereocenters. The van der Waals surface area contributed by atoms with Gasteiger partial charge >= 0.3 is 0 Å². The first-order valence-corrected chi connectivity index (χ1v) is 3.31. The second-order valence-corrected chi connectivity index (χ2v) is 2.27. The van der Waals surface area contributed by atoms with Gasteiger partial charge in [-0.25, -0.2) is 4.98 Å². The van der Waals surface area contributed by atoms with Crippen LogP contribution in [0.3, 0.4) is 0 Å². The molecule has 11 heavy (non-hydrogen) atoms. The third kappa shape index (κ3) is 2.52. The first-order valence-electron chi connectivity index (χ1n) is 3.31. The third-order valence-corrected chi connectivity index (χ3v) is 1.34. The molecule has 0 aliphatic heterocycles. The van der Waals surface area contributed by atoms with E-state index in [4.69, 9.17) is 4.42 Å². The molecule has 1 heterocycles. The minimum absolute atomic E-state index is 0. The Morgan fingerprint density at radius 2 is 2.09 bits per heavy atom. The summed E-state index contributed by atoms with van der Waals surface area (Å²) in [7, 11) is 1.89. The smallest absolute Gasteiger partial charge is 0.191 e. The zero-order valence-electron chi connectivity index (χ0n) is 6.97. The molecule has 0 saturated carbocycles. The molecule has 0 aliphatic rings. The quantitative estimate of drug-likeness (QED) is 0.741. The van der Waals surface area contributed by atoms with Crippen LogP contribution in [0.4, 0.5) is 0 Å². The monoisotopic (exact) mass is 176 g/mol. The topological polar surface area (TPSA) is 38.1 Å². The van der Waals surface area contributed by atoms with Crippen molar-refractivity contribution in [3.05, 3.63) is 17.3 Å². The van der Waals surface area contributed by atoms with E-state index in [1.165, 1.54) is 0 Å². The van der Waals surface area contributed by atoms with Gasteiger partial charge in [0.2, 0.25) is 0 Å². The summed E-state index contributed by atoms with van der Waals surface area (Å²) in [5, 5.41) is 3.02. The SMILES string of the molecule is CNCc1nc(C)oc1C.Cl. The Bertz CT molecular complexity index is 222. The summed E-state index contributed by atoms with van der Waals surface area (Å²) in [4.78, 5) is 4.17. The second-order valence-electron chi connectivity index (χ2n) is 2.27. The summed E-state index contributed by atoms with van der Waals surface area (Å²) in [5.41, 5.74) is 1.00. The summed E-state index contributed by atoms with van der Waals surface area (Å²) in [6, 6.07) is 0. The predicted molar refractivity (Wildman–Crippen MR) is 46.0 cm³/mol. The number of aryl methyl sites for hydroxylation is 2. The van der Waals surface area contributed by atoms with E-state index in [1.54, 1.807) is 0 Å². The molecule has 0 radical (unpaired) electrons. The predicted octanol–water partition coefficient (Wildman–Crippen LogP) is 1.43. The van der Waals surface area contributed by atoms with E-state index in [0.717, 1.165) is 23.9 Å². The molecule has 1 aromatic heterocycles. The largest absolute Gasteiger partial charge is 0.446 e. The van der Waals surface area contributed by atoms with Gasteiger partial charge in [0.25, 0.3) is 0 Å². The van der Waals surface area contributed by atoms with Crippen LogP contribution < -0.4 is 5.32 Å². The number of hydrogen-bond donors (Lipinski definition) is 1. The Morgan fingerprint density at radius 3 is 2.45 bits per heavy atom. The van der Waals surface area contributed by atoms with Gasteiger partial charge in [0.1, 0.15) is 5.76 Å². The molecule has 4 heteroatoms. The van der Waals surface area contributed by atoms with Gasteiger partial charge in [0.15, 0.2) is 5.89 Å². The van der Waals surface area contributed by atoms with Crippen LogP contribution in [0.2, 0.25) is 0 Å². The van der Waals surface area contributed by atoms with Crippen molar-refractivity contribution in [2.75, 3.05) is 7.05 Å². The maximum Gasteiger partial charge on any atom is 0.191 e. The minimum atomic E-state index is 0. The average Bonchev–Trinajstić information content (AvgIpc) is 2.13. The zero-order chi connectivity index (χ0) is 7.56. The van der Waals surface area contributed by atoms with E-state index in [1.807, 2.05) is 20.9 Å². The van der Waals surface area contributed by atoms with Crippen molar-refractivity contribution in [3.8, 4) is 0 Å². The highest BCUT2D eigenvalue weighted by Gasteiger charge is 2.03. The Labute approximate surface area is 72.6 Å². The summed E-state index contributed by atoms with van der Waals surface area (Å²) in [6.07, 6.45) is 0. The zero-order valence-corrected chi connectivity index (χ0v) is 7.79. The first kappa shape index (κ1) is 10.5. The third-order valence-electron chi connectivity index (χ3n) is 1.34. The van der Waals surface area contributed by atoms with Gasteiger partial charge in [-0.1, -0.05) is 0 Å². The fourth-order valence-electron chi connectivity index (χ4n) is 0.904. The van der Waals surface area contributed by atoms with Crippen molar-refractivity contribution < 1.29 is 4.42 Å². The molecule has 1 rings (SSSR count). The van der Waals surface area contributed by atoms with Crippen molar-refractivity contribution in [3.63, 3.8) is 0 Å². The Kier molecular flexibility index (Phi) is 4.15. The number of aromatic nitrogens is 1. The molecule has 0 aromatic carbocycles. The fraction of sp³-hybridized carbons (Fsp3) is 0.571. The Balaban J connectivity index is 0.000001000. The number of rotatable bonds is 2. The molecule has 0 bridgehead atoms. The van der Waals surface area contributed by atoms with Crippen LogP contribution in [-0.4, -0.2) is 12.0 Å². The van der Waals surface area contributed by atoms with Crippen LogP contribution in [0.15, 0.2) is 4.42 Å². The van der Waals surface area contributed by atoms with Gasteiger partial charge in [0, 0.05) is 13.5 Å².